The van der Waals surface area contributed by atoms with E-state index in [2.05, 4.69) is 10.6 Å². The lowest BCUT2D eigenvalue weighted by molar-refractivity contribution is -0.140. The second kappa shape index (κ2) is 11.8. The van der Waals surface area contributed by atoms with Gasteiger partial charge in [-0.15, -0.1) is 0 Å². The summed E-state index contributed by atoms with van der Waals surface area (Å²) < 4.78 is 5.25. The van der Waals surface area contributed by atoms with Gasteiger partial charge in [-0.05, 0) is 56.2 Å². The van der Waals surface area contributed by atoms with Gasteiger partial charge in [-0.2, -0.15) is 0 Å². The van der Waals surface area contributed by atoms with Crippen LogP contribution in [0.5, 0.6) is 0 Å². The van der Waals surface area contributed by atoms with Gasteiger partial charge in [0.05, 0.1) is 6.42 Å². The van der Waals surface area contributed by atoms with E-state index in [9.17, 15) is 19.2 Å². The maximum Gasteiger partial charge on any atom is 0.408 e. The molecule has 3 rings (SSSR count). The van der Waals surface area contributed by atoms with Gasteiger partial charge in [-0.3, -0.25) is 14.4 Å². The monoisotopic (exact) mass is 518 g/mol. The molecule has 0 fully saturated rings. The summed E-state index contributed by atoms with van der Waals surface area (Å²) in [6.07, 6.45) is -1.34. The number of nitrogens with two attached hydrogens (primary N) is 1. The minimum absolute atomic E-state index is 0.461. The molecule has 0 aromatic heterocycles. The van der Waals surface area contributed by atoms with Crippen molar-refractivity contribution in [2.24, 2.45) is 5.73 Å². The number of fused-ring (bicyclic) bond motifs is 1. The number of alkyl carbamates (subject to hydrolysis) is 1. The van der Waals surface area contributed by atoms with Crippen LogP contribution in [0.1, 0.15) is 44.4 Å². The molecule has 2 atom stereocenters. The molecule has 0 saturated heterocycles. The molecule has 0 aliphatic rings. The zero-order valence-electron chi connectivity index (χ0n) is 22.3. The number of likely N-dealkylation sites (N-methyl/N-ethyl adjacent to an activating group) is 1. The number of hydrogen-bond donors (Lipinski definition) is 3. The van der Waals surface area contributed by atoms with Crippen LogP contribution in [0.4, 0.5) is 10.5 Å². The van der Waals surface area contributed by atoms with E-state index in [1.54, 1.807) is 45.0 Å². The molecule has 9 heteroatoms. The van der Waals surface area contributed by atoms with Crippen LogP contribution in [-0.2, 0) is 19.1 Å². The number of anilines is 1. The number of rotatable bonds is 8. The number of carbonyl (C=O) groups excluding carboxylic acids is 4. The number of hydrogen-bond acceptors (Lipinski definition) is 5. The van der Waals surface area contributed by atoms with Crippen molar-refractivity contribution in [3.05, 3.63) is 77.9 Å². The Morgan fingerprint density at radius 3 is 2.26 bits per heavy atom. The van der Waals surface area contributed by atoms with E-state index in [4.69, 9.17) is 10.5 Å². The number of ether oxygens (including phenoxy) is 1. The number of benzene rings is 3. The van der Waals surface area contributed by atoms with Crippen molar-refractivity contribution in [3.8, 4) is 0 Å². The van der Waals surface area contributed by atoms with Crippen molar-refractivity contribution >= 4 is 40.3 Å². The molecular formula is C29H34N4O5. The third-order valence-electron chi connectivity index (χ3n) is 5.75. The lowest BCUT2D eigenvalue weighted by Gasteiger charge is -2.31. The topological polar surface area (TPSA) is 131 Å². The average Bonchev–Trinajstić information content (AvgIpc) is 2.81. The Morgan fingerprint density at radius 1 is 0.947 bits per heavy atom. The van der Waals surface area contributed by atoms with Gasteiger partial charge < -0.3 is 26.0 Å². The molecule has 0 aliphatic heterocycles. The van der Waals surface area contributed by atoms with E-state index in [0.29, 0.717) is 11.3 Å². The second-order valence-electron chi connectivity index (χ2n) is 10.2. The summed E-state index contributed by atoms with van der Waals surface area (Å²) in [6, 6.07) is 18.1. The molecule has 3 aromatic carbocycles. The minimum atomic E-state index is -1.33. The second-order valence-corrected chi connectivity index (χ2v) is 10.2. The highest BCUT2D eigenvalue weighted by Crippen LogP contribution is 2.25. The fourth-order valence-corrected chi connectivity index (χ4v) is 4.09. The molecule has 38 heavy (non-hydrogen) atoms. The van der Waals surface area contributed by atoms with Crippen LogP contribution in [0.25, 0.3) is 10.8 Å². The minimum Gasteiger partial charge on any atom is -0.444 e. The van der Waals surface area contributed by atoms with Crippen LogP contribution in [0.3, 0.4) is 0 Å². The molecule has 0 heterocycles. The van der Waals surface area contributed by atoms with Crippen LogP contribution >= 0.6 is 0 Å². The van der Waals surface area contributed by atoms with Crippen molar-refractivity contribution in [2.75, 3.05) is 12.4 Å². The summed E-state index contributed by atoms with van der Waals surface area (Å²) >= 11 is 0. The van der Waals surface area contributed by atoms with Gasteiger partial charge in [0, 0.05) is 12.7 Å². The van der Waals surface area contributed by atoms with Crippen LogP contribution in [0.15, 0.2) is 66.7 Å². The molecular weight excluding hydrogens is 484 g/mol. The lowest BCUT2D eigenvalue weighted by atomic mass is 10.0. The fraction of sp³-hybridized carbons (Fsp3) is 0.310. The number of amides is 4. The molecule has 0 bridgehead atoms. The van der Waals surface area contributed by atoms with Gasteiger partial charge in [0.1, 0.15) is 17.7 Å². The lowest BCUT2D eigenvalue weighted by Crippen LogP contribution is -2.52. The van der Waals surface area contributed by atoms with E-state index in [1.165, 1.54) is 11.9 Å². The fourth-order valence-electron chi connectivity index (χ4n) is 4.09. The van der Waals surface area contributed by atoms with E-state index >= 15 is 0 Å². The third kappa shape index (κ3) is 7.55. The van der Waals surface area contributed by atoms with Crippen molar-refractivity contribution in [2.45, 2.75) is 51.8 Å². The molecule has 3 aromatic rings. The first-order chi connectivity index (χ1) is 17.8. The van der Waals surface area contributed by atoms with E-state index in [-0.39, 0.29) is 0 Å². The predicted octanol–water partition coefficient (Wildman–Crippen LogP) is 4.06. The van der Waals surface area contributed by atoms with E-state index in [0.717, 1.165) is 16.3 Å². The molecule has 200 valence electrons. The summed E-state index contributed by atoms with van der Waals surface area (Å²) in [5.74, 6) is -1.92. The van der Waals surface area contributed by atoms with Gasteiger partial charge in [0.25, 0.3) is 5.91 Å². The number of primary amides is 1. The highest BCUT2D eigenvalue weighted by atomic mass is 16.6. The Hall–Kier alpha value is -4.40. The molecule has 0 aliphatic carbocycles. The molecule has 0 radical (unpaired) electrons. The van der Waals surface area contributed by atoms with Gasteiger partial charge >= 0.3 is 6.09 Å². The number of carbonyl (C=O) groups is 4. The van der Waals surface area contributed by atoms with Crippen molar-refractivity contribution < 1.29 is 23.9 Å². The first-order valence-corrected chi connectivity index (χ1v) is 12.2. The zero-order chi connectivity index (χ0) is 28.0. The first-order valence-electron chi connectivity index (χ1n) is 12.2. The maximum absolute atomic E-state index is 13.7. The Balaban J connectivity index is 1.92. The van der Waals surface area contributed by atoms with Gasteiger partial charge in [0.2, 0.25) is 11.8 Å². The molecule has 2 unspecified atom stereocenters. The SMILES string of the molecule is Cc1cccc(C(C(=O)Nc2ccc3ccccc3c2)N(C)C(=O)C(CC(N)=O)NC(=O)OC(C)(C)C)c1. The van der Waals surface area contributed by atoms with Gasteiger partial charge in [-0.1, -0.05) is 60.2 Å². The highest BCUT2D eigenvalue weighted by Gasteiger charge is 2.35. The Morgan fingerprint density at radius 2 is 1.63 bits per heavy atom. The zero-order valence-corrected chi connectivity index (χ0v) is 22.3. The Bertz CT molecular complexity index is 1350. The van der Waals surface area contributed by atoms with Crippen molar-refractivity contribution in [1.82, 2.24) is 10.2 Å². The standard InChI is InChI=1S/C29H34N4O5/c1-18-9-8-12-21(15-18)25(26(35)31-22-14-13-19-10-6-7-11-20(19)16-22)33(5)27(36)23(17-24(30)34)32-28(37)38-29(2,3)4/h6-16,23,25H,17H2,1-5H3,(H2,30,34)(H,31,35)(H,32,37). The van der Waals surface area contributed by atoms with E-state index in [1.807, 2.05) is 49.4 Å². The Kier molecular flexibility index (Phi) is 8.72. The van der Waals surface area contributed by atoms with Crippen LogP contribution in [-0.4, -0.2) is 47.4 Å². The average molecular weight is 519 g/mol. The maximum atomic E-state index is 13.7. The Labute approximate surface area is 222 Å². The van der Waals surface area contributed by atoms with Gasteiger partial charge in [-0.25, -0.2) is 4.79 Å². The molecule has 4 N–H and O–H groups in total. The smallest absolute Gasteiger partial charge is 0.408 e. The summed E-state index contributed by atoms with van der Waals surface area (Å²) in [5.41, 5.74) is 6.57. The number of nitrogens with one attached hydrogen (secondary N) is 2. The molecule has 4 amide bonds. The summed E-state index contributed by atoms with van der Waals surface area (Å²) in [7, 11) is 1.44. The third-order valence-corrected chi connectivity index (χ3v) is 5.75. The van der Waals surface area contributed by atoms with Gasteiger partial charge in [0.15, 0.2) is 0 Å². The summed E-state index contributed by atoms with van der Waals surface area (Å²) in [6.45, 7) is 6.90. The number of aryl methyl sites for hydroxylation is 1. The molecule has 0 saturated carbocycles. The first kappa shape index (κ1) is 28.2. The van der Waals surface area contributed by atoms with Crippen LogP contribution < -0.4 is 16.4 Å². The van der Waals surface area contributed by atoms with Crippen molar-refractivity contribution in [3.63, 3.8) is 0 Å². The van der Waals surface area contributed by atoms with Crippen LogP contribution in [0, 0.1) is 6.92 Å². The van der Waals surface area contributed by atoms with Crippen molar-refractivity contribution in [1.29, 1.82) is 0 Å². The van der Waals surface area contributed by atoms with E-state index < -0.39 is 47.9 Å². The normalized spacial score (nSPS) is 12.8. The quantitative estimate of drug-likeness (QED) is 0.414. The highest BCUT2D eigenvalue weighted by molar-refractivity contribution is 6.01. The van der Waals surface area contributed by atoms with Crippen LogP contribution in [0.2, 0.25) is 0 Å². The predicted molar refractivity (Wildman–Crippen MR) is 146 cm³/mol. The summed E-state index contributed by atoms with van der Waals surface area (Å²) in [5, 5.41) is 7.30. The molecule has 9 nitrogen and oxygen atoms in total. The molecule has 0 spiro atoms. The largest absolute Gasteiger partial charge is 0.444 e. The summed E-state index contributed by atoms with van der Waals surface area (Å²) in [4.78, 5) is 52.6. The number of nitrogens with zero attached hydrogens (tertiary/aromatic N) is 1.